The van der Waals surface area contributed by atoms with Gasteiger partial charge in [0.25, 0.3) is 0 Å². The Kier molecular flexibility index (Phi) is 4.32. The highest BCUT2D eigenvalue weighted by atomic mass is 16.2. The molecule has 0 radical (unpaired) electrons. The minimum Gasteiger partial charge on any atom is -0.318 e. The van der Waals surface area contributed by atoms with Crippen LogP contribution in [0.2, 0.25) is 0 Å². The fraction of sp³-hybridized carbons (Fsp3) is 0.0625. The molecule has 0 aliphatic heterocycles. The second-order valence-electron chi connectivity index (χ2n) is 4.47. The van der Waals surface area contributed by atoms with Crippen LogP contribution in [0.4, 0.5) is 11.4 Å². The van der Waals surface area contributed by atoms with Crippen molar-refractivity contribution in [1.29, 1.82) is 5.26 Å². The SMILES string of the molecule is Cc1ccc(NC(=O)C(=O)Nc2cccc(C#N)c2)cc1. The summed E-state index contributed by atoms with van der Waals surface area (Å²) in [5.41, 5.74) is 2.42. The lowest BCUT2D eigenvalue weighted by Gasteiger charge is -2.07. The molecule has 2 aromatic carbocycles. The number of anilines is 2. The van der Waals surface area contributed by atoms with Crippen LogP contribution >= 0.6 is 0 Å². The minimum atomic E-state index is -0.786. The Morgan fingerprint density at radius 1 is 0.952 bits per heavy atom. The average Bonchev–Trinajstić information content (AvgIpc) is 2.49. The Bertz CT molecular complexity index is 715. The molecule has 0 aliphatic rings. The third kappa shape index (κ3) is 3.91. The van der Waals surface area contributed by atoms with Crippen molar-refractivity contribution in [3.05, 3.63) is 59.7 Å². The van der Waals surface area contributed by atoms with Crippen molar-refractivity contribution >= 4 is 23.2 Å². The van der Waals surface area contributed by atoms with E-state index in [1.165, 1.54) is 6.07 Å². The van der Waals surface area contributed by atoms with Crippen LogP contribution in [0, 0.1) is 18.3 Å². The van der Waals surface area contributed by atoms with E-state index in [0.29, 0.717) is 16.9 Å². The second-order valence-corrected chi connectivity index (χ2v) is 4.47. The normalized spacial score (nSPS) is 9.52. The van der Waals surface area contributed by atoms with E-state index in [1.54, 1.807) is 30.3 Å². The van der Waals surface area contributed by atoms with E-state index in [9.17, 15) is 9.59 Å². The van der Waals surface area contributed by atoms with Gasteiger partial charge in [0.1, 0.15) is 0 Å². The molecule has 0 fully saturated rings. The monoisotopic (exact) mass is 279 g/mol. The fourth-order valence-corrected chi connectivity index (χ4v) is 1.68. The van der Waals surface area contributed by atoms with Crippen LogP contribution in [0.25, 0.3) is 0 Å². The van der Waals surface area contributed by atoms with E-state index < -0.39 is 11.8 Å². The van der Waals surface area contributed by atoms with Gasteiger partial charge in [0.2, 0.25) is 0 Å². The van der Waals surface area contributed by atoms with Gasteiger partial charge >= 0.3 is 11.8 Å². The first kappa shape index (κ1) is 14.3. The van der Waals surface area contributed by atoms with Crippen LogP contribution in [0.5, 0.6) is 0 Å². The van der Waals surface area contributed by atoms with Crippen molar-refractivity contribution in [3.8, 4) is 6.07 Å². The number of hydrogen-bond acceptors (Lipinski definition) is 3. The molecule has 0 saturated carbocycles. The van der Waals surface area contributed by atoms with Crippen molar-refractivity contribution in [2.45, 2.75) is 6.92 Å². The summed E-state index contributed by atoms with van der Waals surface area (Å²) in [6, 6.07) is 15.4. The molecule has 0 spiro atoms. The largest absolute Gasteiger partial charge is 0.318 e. The van der Waals surface area contributed by atoms with E-state index in [-0.39, 0.29) is 0 Å². The molecular formula is C16H13N3O2. The van der Waals surface area contributed by atoms with Crippen molar-refractivity contribution in [1.82, 2.24) is 0 Å². The zero-order valence-electron chi connectivity index (χ0n) is 11.4. The van der Waals surface area contributed by atoms with Gasteiger partial charge in [-0.15, -0.1) is 0 Å². The lowest BCUT2D eigenvalue weighted by atomic mass is 10.2. The van der Waals surface area contributed by atoms with Crippen LogP contribution in [0.1, 0.15) is 11.1 Å². The van der Waals surface area contributed by atoms with E-state index in [0.717, 1.165) is 5.56 Å². The molecule has 2 rings (SSSR count). The number of rotatable bonds is 2. The Morgan fingerprint density at radius 2 is 1.57 bits per heavy atom. The number of nitriles is 1. The fourth-order valence-electron chi connectivity index (χ4n) is 1.68. The first-order chi connectivity index (χ1) is 10.1. The molecule has 2 N–H and O–H groups in total. The number of hydrogen-bond donors (Lipinski definition) is 2. The Labute approximate surface area is 122 Å². The quantitative estimate of drug-likeness (QED) is 0.828. The van der Waals surface area contributed by atoms with Gasteiger partial charge in [-0.2, -0.15) is 5.26 Å². The van der Waals surface area contributed by atoms with Crippen LogP contribution in [0.3, 0.4) is 0 Å². The van der Waals surface area contributed by atoms with Gasteiger partial charge in [-0.25, -0.2) is 0 Å². The summed E-state index contributed by atoms with van der Waals surface area (Å²) >= 11 is 0. The molecule has 5 nitrogen and oxygen atoms in total. The van der Waals surface area contributed by atoms with Gasteiger partial charge in [-0.3, -0.25) is 9.59 Å². The summed E-state index contributed by atoms with van der Waals surface area (Å²) in [5, 5.41) is 13.7. The minimum absolute atomic E-state index is 0.401. The predicted molar refractivity (Wildman–Crippen MR) is 79.6 cm³/mol. The van der Waals surface area contributed by atoms with E-state index in [1.807, 2.05) is 25.1 Å². The molecule has 0 saturated heterocycles. The molecule has 21 heavy (non-hydrogen) atoms. The number of benzene rings is 2. The van der Waals surface area contributed by atoms with E-state index in [2.05, 4.69) is 10.6 Å². The van der Waals surface area contributed by atoms with Gasteiger partial charge in [0.05, 0.1) is 11.6 Å². The lowest BCUT2D eigenvalue weighted by molar-refractivity contribution is -0.132. The molecule has 2 amide bonds. The van der Waals surface area contributed by atoms with Crippen LogP contribution in [-0.2, 0) is 9.59 Å². The summed E-state index contributed by atoms with van der Waals surface area (Å²) in [7, 11) is 0. The summed E-state index contributed by atoms with van der Waals surface area (Å²) in [5.74, 6) is -1.55. The molecule has 0 bridgehead atoms. The predicted octanol–water partition coefficient (Wildman–Crippen LogP) is 2.44. The molecule has 0 heterocycles. The highest BCUT2D eigenvalue weighted by Crippen LogP contribution is 2.11. The first-order valence-corrected chi connectivity index (χ1v) is 6.27. The van der Waals surface area contributed by atoms with E-state index in [4.69, 9.17) is 5.26 Å². The van der Waals surface area contributed by atoms with Crippen molar-refractivity contribution in [2.75, 3.05) is 10.6 Å². The number of carbonyl (C=O) groups is 2. The highest BCUT2D eigenvalue weighted by molar-refractivity contribution is 6.43. The van der Waals surface area contributed by atoms with Crippen molar-refractivity contribution in [2.24, 2.45) is 0 Å². The maximum Gasteiger partial charge on any atom is 0.314 e. The summed E-state index contributed by atoms with van der Waals surface area (Å²) < 4.78 is 0. The van der Waals surface area contributed by atoms with Gasteiger partial charge in [0.15, 0.2) is 0 Å². The highest BCUT2D eigenvalue weighted by Gasteiger charge is 2.14. The smallest absolute Gasteiger partial charge is 0.314 e. The zero-order valence-corrected chi connectivity index (χ0v) is 11.4. The summed E-state index contributed by atoms with van der Waals surface area (Å²) in [6.45, 7) is 1.93. The second kappa shape index (κ2) is 6.35. The Morgan fingerprint density at radius 3 is 2.19 bits per heavy atom. The molecule has 0 aromatic heterocycles. The third-order valence-corrected chi connectivity index (χ3v) is 2.77. The molecule has 2 aromatic rings. The molecule has 0 aliphatic carbocycles. The maximum absolute atomic E-state index is 11.8. The lowest BCUT2D eigenvalue weighted by Crippen LogP contribution is -2.29. The van der Waals surface area contributed by atoms with Gasteiger partial charge in [-0.1, -0.05) is 23.8 Å². The number of aryl methyl sites for hydroxylation is 1. The van der Waals surface area contributed by atoms with Gasteiger partial charge in [0, 0.05) is 11.4 Å². The molecule has 0 unspecified atom stereocenters. The Hall–Kier alpha value is -3.13. The standard InChI is InChI=1S/C16H13N3O2/c1-11-5-7-13(8-6-11)18-15(20)16(21)19-14-4-2-3-12(9-14)10-17/h2-9H,1H3,(H,18,20)(H,19,21). The Balaban J connectivity index is 2.01. The molecular weight excluding hydrogens is 266 g/mol. The first-order valence-electron chi connectivity index (χ1n) is 6.27. The molecule has 5 heteroatoms. The third-order valence-electron chi connectivity index (χ3n) is 2.77. The van der Waals surface area contributed by atoms with Crippen LogP contribution < -0.4 is 10.6 Å². The van der Waals surface area contributed by atoms with Crippen LogP contribution in [0.15, 0.2) is 48.5 Å². The molecule has 104 valence electrons. The number of nitrogens with zero attached hydrogens (tertiary/aromatic N) is 1. The van der Waals surface area contributed by atoms with Gasteiger partial charge in [-0.05, 0) is 37.3 Å². The van der Waals surface area contributed by atoms with Crippen LogP contribution in [-0.4, -0.2) is 11.8 Å². The summed E-state index contributed by atoms with van der Waals surface area (Å²) in [4.78, 5) is 23.5. The number of carbonyl (C=O) groups excluding carboxylic acids is 2. The average molecular weight is 279 g/mol. The van der Waals surface area contributed by atoms with Gasteiger partial charge < -0.3 is 10.6 Å². The number of amides is 2. The zero-order chi connectivity index (χ0) is 15.2. The maximum atomic E-state index is 11.8. The topological polar surface area (TPSA) is 82.0 Å². The van der Waals surface area contributed by atoms with E-state index >= 15 is 0 Å². The summed E-state index contributed by atoms with van der Waals surface area (Å²) in [6.07, 6.45) is 0. The molecule has 0 atom stereocenters. The van der Waals surface area contributed by atoms with Crippen molar-refractivity contribution < 1.29 is 9.59 Å². The number of nitrogens with one attached hydrogen (secondary N) is 2. The van der Waals surface area contributed by atoms with Crippen molar-refractivity contribution in [3.63, 3.8) is 0 Å².